The van der Waals surface area contributed by atoms with Crippen molar-refractivity contribution < 1.29 is 4.79 Å². The smallest absolute Gasteiger partial charge is 0.224 e. The molecule has 1 saturated heterocycles. The molecule has 100 valence electrons. The summed E-state index contributed by atoms with van der Waals surface area (Å²) in [5.74, 6) is 0.286. The summed E-state index contributed by atoms with van der Waals surface area (Å²) in [6.45, 7) is 4.51. The molecule has 1 aromatic heterocycles. The fourth-order valence-electron chi connectivity index (χ4n) is 2.43. The van der Waals surface area contributed by atoms with Gasteiger partial charge in [-0.1, -0.05) is 6.92 Å². The Labute approximate surface area is 108 Å². The highest BCUT2D eigenvalue weighted by Gasteiger charge is 2.20. The average Bonchev–Trinajstić information content (AvgIpc) is 2.77. The Hall–Kier alpha value is -1.36. The van der Waals surface area contributed by atoms with E-state index in [-0.39, 0.29) is 11.8 Å². The fraction of sp³-hybridized carbons (Fsp3) is 0.692. The lowest BCUT2D eigenvalue weighted by molar-refractivity contribution is -0.125. The molecule has 2 heterocycles. The number of amides is 1. The minimum absolute atomic E-state index is 0.125. The van der Waals surface area contributed by atoms with Gasteiger partial charge in [0.25, 0.3) is 0 Å². The molecule has 1 aromatic rings. The van der Waals surface area contributed by atoms with Crippen LogP contribution < -0.4 is 10.6 Å². The summed E-state index contributed by atoms with van der Waals surface area (Å²) in [5.41, 5.74) is 2.19. The summed E-state index contributed by atoms with van der Waals surface area (Å²) >= 11 is 0. The number of nitrogens with one attached hydrogen (secondary N) is 2. The predicted molar refractivity (Wildman–Crippen MR) is 70.0 cm³/mol. The zero-order valence-electron chi connectivity index (χ0n) is 11.2. The zero-order valence-corrected chi connectivity index (χ0v) is 11.2. The van der Waals surface area contributed by atoms with Gasteiger partial charge in [-0.3, -0.25) is 9.48 Å². The molecular formula is C13H22N4O. The van der Waals surface area contributed by atoms with Gasteiger partial charge < -0.3 is 10.6 Å². The van der Waals surface area contributed by atoms with Gasteiger partial charge in [-0.25, -0.2) is 0 Å². The first-order valence-electron chi connectivity index (χ1n) is 6.70. The van der Waals surface area contributed by atoms with Gasteiger partial charge in [-0.15, -0.1) is 0 Å². The molecule has 0 aliphatic carbocycles. The van der Waals surface area contributed by atoms with Crippen LogP contribution >= 0.6 is 0 Å². The normalized spacial score (nSPS) is 19.8. The highest BCUT2D eigenvalue weighted by molar-refractivity contribution is 5.78. The molecule has 0 aromatic carbocycles. The second kappa shape index (κ2) is 6.00. The molecule has 1 atom stereocenters. The highest BCUT2D eigenvalue weighted by atomic mass is 16.1. The topological polar surface area (TPSA) is 59.0 Å². The van der Waals surface area contributed by atoms with E-state index in [1.165, 1.54) is 0 Å². The van der Waals surface area contributed by atoms with Crippen molar-refractivity contribution in [3.05, 3.63) is 17.5 Å². The number of carbonyl (C=O) groups is 1. The molecular weight excluding hydrogens is 228 g/mol. The monoisotopic (exact) mass is 250 g/mol. The molecule has 0 saturated carbocycles. The number of piperidine rings is 1. The Morgan fingerprint density at radius 1 is 1.67 bits per heavy atom. The van der Waals surface area contributed by atoms with Crippen LogP contribution in [0.25, 0.3) is 0 Å². The Morgan fingerprint density at radius 3 is 3.17 bits per heavy atom. The summed E-state index contributed by atoms with van der Waals surface area (Å²) in [7, 11) is 1.91. The number of carbonyl (C=O) groups excluding carboxylic acids is 1. The molecule has 1 aliphatic rings. The lowest BCUT2D eigenvalue weighted by Gasteiger charge is -2.21. The molecule has 5 heteroatoms. The summed E-state index contributed by atoms with van der Waals surface area (Å²) in [6.07, 6.45) is 4.97. The van der Waals surface area contributed by atoms with E-state index in [9.17, 15) is 4.79 Å². The second-order valence-corrected chi connectivity index (χ2v) is 4.89. The Morgan fingerprint density at radius 2 is 2.50 bits per heavy atom. The van der Waals surface area contributed by atoms with E-state index in [2.05, 4.69) is 22.7 Å². The third-order valence-corrected chi connectivity index (χ3v) is 3.45. The molecule has 0 bridgehead atoms. The number of rotatable bonds is 4. The molecule has 5 nitrogen and oxygen atoms in total. The van der Waals surface area contributed by atoms with Gasteiger partial charge in [-0.2, -0.15) is 5.10 Å². The quantitative estimate of drug-likeness (QED) is 0.822. The average molecular weight is 250 g/mol. The van der Waals surface area contributed by atoms with Crippen LogP contribution in [-0.2, 0) is 24.8 Å². The van der Waals surface area contributed by atoms with Crippen molar-refractivity contribution in [2.24, 2.45) is 13.0 Å². The van der Waals surface area contributed by atoms with E-state index in [1.54, 1.807) is 0 Å². The number of aryl methyl sites for hydroxylation is 2. The van der Waals surface area contributed by atoms with Gasteiger partial charge >= 0.3 is 0 Å². The number of nitrogens with zero attached hydrogens (tertiary/aromatic N) is 2. The van der Waals surface area contributed by atoms with Crippen LogP contribution in [0.3, 0.4) is 0 Å². The van der Waals surface area contributed by atoms with E-state index >= 15 is 0 Å². The lowest BCUT2D eigenvalue weighted by Crippen LogP contribution is -2.40. The van der Waals surface area contributed by atoms with Crippen molar-refractivity contribution in [3.63, 3.8) is 0 Å². The fourth-order valence-corrected chi connectivity index (χ4v) is 2.43. The molecule has 0 spiro atoms. The molecule has 1 amide bonds. The van der Waals surface area contributed by atoms with Crippen molar-refractivity contribution in [1.82, 2.24) is 20.4 Å². The minimum Gasteiger partial charge on any atom is -0.352 e. The molecule has 1 aliphatic heterocycles. The highest BCUT2D eigenvalue weighted by Crippen LogP contribution is 2.11. The predicted octanol–water partition coefficient (Wildman–Crippen LogP) is 0.598. The molecule has 1 fully saturated rings. The first-order chi connectivity index (χ1) is 8.70. The molecule has 0 radical (unpaired) electrons. The largest absolute Gasteiger partial charge is 0.352 e. The molecule has 2 rings (SSSR count). The lowest BCUT2D eigenvalue weighted by atomic mass is 9.99. The van der Waals surface area contributed by atoms with Crippen molar-refractivity contribution in [2.75, 3.05) is 13.1 Å². The summed E-state index contributed by atoms with van der Waals surface area (Å²) in [4.78, 5) is 12.0. The molecule has 18 heavy (non-hydrogen) atoms. The van der Waals surface area contributed by atoms with Gasteiger partial charge in [-0.05, 0) is 25.8 Å². The van der Waals surface area contributed by atoms with Gasteiger partial charge in [0.2, 0.25) is 5.91 Å². The van der Waals surface area contributed by atoms with Crippen LogP contribution in [0.2, 0.25) is 0 Å². The van der Waals surface area contributed by atoms with E-state index in [0.717, 1.165) is 43.6 Å². The second-order valence-electron chi connectivity index (χ2n) is 4.89. The Balaban J connectivity index is 1.88. The van der Waals surface area contributed by atoms with E-state index in [1.807, 2.05) is 17.9 Å². The van der Waals surface area contributed by atoms with Crippen molar-refractivity contribution in [2.45, 2.75) is 32.7 Å². The maximum Gasteiger partial charge on any atom is 0.224 e. The molecule has 2 N–H and O–H groups in total. The van der Waals surface area contributed by atoms with Gasteiger partial charge in [0, 0.05) is 31.9 Å². The number of aromatic nitrogens is 2. The zero-order chi connectivity index (χ0) is 13.0. The summed E-state index contributed by atoms with van der Waals surface area (Å²) in [6, 6.07) is 0. The molecule has 0 unspecified atom stereocenters. The number of hydrogen-bond donors (Lipinski definition) is 2. The SMILES string of the molecule is CCc1nn(C)cc1CNC(=O)[C@H]1CCCNC1. The Bertz CT molecular complexity index is 407. The van der Waals surface area contributed by atoms with Crippen LogP contribution in [0.15, 0.2) is 6.20 Å². The van der Waals surface area contributed by atoms with Crippen LogP contribution in [0.5, 0.6) is 0 Å². The van der Waals surface area contributed by atoms with Crippen molar-refractivity contribution in [1.29, 1.82) is 0 Å². The summed E-state index contributed by atoms with van der Waals surface area (Å²) in [5, 5.41) is 10.7. The van der Waals surface area contributed by atoms with Crippen molar-refractivity contribution >= 4 is 5.91 Å². The van der Waals surface area contributed by atoms with Crippen LogP contribution in [0.4, 0.5) is 0 Å². The third-order valence-electron chi connectivity index (χ3n) is 3.45. The van der Waals surface area contributed by atoms with E-state index in [4.69, 9.17) is 0 Å². The first-order valence-corrected chi connectivity index (χ1v) is 6.70. The van der Waals surface area contributed by atoms with Gasteiger partial charge in [0.1, 0.15) is 0 Å². The van der Waals surface area contributed by atoms with Crippen LogP contribution in [0.1, 0.15) is 31.0 Å². The standard InChI is InChI=1S/C13H22N4O/c1-3-12-11(9-17(2)16-12)8-15-13(18)10-5-4-6-14-7-10/h9-10,14H,3-8H2,1-2H3,(H,15,18)/t10-/m0/s1. The van der Waals surface area contributed by atoms with Crippen molar-refractivity contribution in [3.8, 4) is 0 Å². The van der Waals surface area contributed by atoms with E-state index < -0.39 is 0 Å². The van der Waals surface area contributed by atoms with E-state index in [0.29, 0.717) is 6.54 Å². The van der Waals surface area contributed by atoms with Gasteiger partial charge in [0.05, 0.1) is 11.6 Å². The van der Waals surface area contributed by atoms with Crippen LogP contribution in [0, 0.1) is 5.92 Å². The minimum atomic E-state index is 0.125. The summed E-state index contributed by atoms with van der Waals surface area (Å²) < 4.78 is 1.81. The Kier molecular flexibility index (Phi) is 4.36. The van der Waals surface area contributed by atoms with Crippen LogP contribution in [-0.4, -0.2) is 28.8 Å². The maximum atomic E-state index is 12.0. The maximum absolute atomic E-state index is 12.0. The van der Waals surface area contributed by atoms with Gasteiger partial charge in [0.15, 0.2) is 0 Å². The third kappa shape index (κ3) is 3.10. The number of hydrogen-bond acceptors (Lipinski definition) is 3. The first kappa shape index (κ1) is 13.1.